The number of ether oxygens (including phenoxy) is 1. The fraction of sp³-hybridized carbons (Fsp3) is 0.235. The Morgan fingerprint density at radius 2 is 1.82 bits per heavy atom. The molecule has 3 N–H and O–H groups in total. The van der Waals surface area contributed by atoms with Crippen molar-refractivity contribution in [2.24, 2.45) is 0 Å². The van der Waals surface area contributed by atoms with Gasteiger partial charge in [-0.15, -0.1) is 0 Å². The van der Waals surface area contributed by atoms with E-state index in [1.807, 2.05) is 49.4 Å². The molecule has 0 aromatic heterocycles. The topological polar surface area (TPSA) is 70.6 Å². The fourth-order valence-electron chi connectivity index (χ4n) is 2.09. The lowest BCUT2D eigenvalue weighted by Gasteiger charge is -2.18. The molecule has 0 spiro atoms. The van der Waals surface area contributed by atoms with Gasteiger partial charge in [0.05, 0.1) is 24.9 Å². The van der Waals surface area contributed by atoms with E-state index in [9.17, 15) is 9.90 Å². The van der Waals surface area contributed by atoms with Crippen LogP contribution in [0.5, 0.6) is 5.75 Å². The smallest absolute Gasteiger partial charge is 0.319 e. The average Bonchev–Trinajstić information content (AvgIpc) is 2.55. The van der Waals surface area contributed by atoms with E-state index in [1.165, 1.54) is 0 Å². The van der Waals surface area contributed by atoms with Gasteiger partial charge in [-0.05, 0) is 24.6 Å². The number of urea groups is 1. The lowest BCUT2D eigenvalue weighted by Crippen LogP contribution is -2.34. The van der Waals surface area contributed by atoms with Gasteiger partial charge in [0.2, 0.25) is 0 Å². The van der Waals surface area contributed by atoms with Crippen molar-refractivity contribution >= 4 is 11.7 Å². The zero-order valence-electron chi connectivity index (χ0n) is 12.5. The second kappa shape index (κ2) is 8.05. The Bertz CT molecular complexity index is 602. The highest BCUT2D eigenvalue weighted by atomic mass is 16.5. The molecule has 0 saturated heterocycles. The largest absolute Gasteiger partial charge is 0.492 e. The molecule has 116 valence electrons. The van der Waals surface area contributed by atoms with Gasteiger partial charge in [-0.3, -0.25) is 0 Å². The van der Waals surface area contributed by atoms with Gasteiger partial charge in [0.25, 0.3) is 0 Å². The molecule has 0 aliphatic rings. The highest BCUT2D eigenvalue weighted by molar-refractivity contribution is 5.91. The first-order chi connectivity index (χ1) is 10.7. The zero-order valence-corrected chi connectivity index (χ0v) is 12.5. The summed E-state index contributed by atoms with van der Waals surface area (Å²) in [6.07, 6.45) is 0. The first-order valence-corrected chi connectivity index (χ1v) is 7.19. The Morgan fingerprint density at radius 3 is 2.50 bits per heavy atom. The standard InChI is InChI=1S/C17H20N2O3/c1-2-22-16-11-7-6-10-14(16)18-17(21)19-15(12-20)13-8-4-3-5-9-13/h3-11,15,20H,2,12H2,1H3,(H2,18,19,21)/t15-/m1/s1. The summed E-state index contributed by atoms with van der Waals surface area (Å²) in [4.78, 5) is 12.1. The first-order valence-electron chi connectivity index (χ1n) is 7.19. The van der Waals surface area contributed by atoms with E-state index in [4.69, 9.17) is 4.74 Å². The van der Waals surface area contributed by atoms with Crippen LogP contribution in [0.15, 0.2) is 54.6 Å². The molecule has 2 aromatic rings. The van der Waals surface area contributed by atoms with Crippen LogP contribution in [0.4, 0.5) is 10.5 Å². The molecule has 5 nitrogen and oxygen atoms in total. The highest BCUT2D eigenvalue weighted by Crippen LogP contribution is 2.23. The van der Waals surface area contributed by atoms with Crippen molar-refractivity contribution in [3.05, 3.63) is 60.2 Å². The van der Waals surface area contributed by atoms with E-state index in [0.717, 1.165) is 5.56 Å². The molecule has 22 heavy (non-hydrogen) atoms. The number of hydrogen-bond donors (Lipinski definition) is 3. The molecule has 2 aromatic carbocycles. The minimum atomic E-state index is -0.458. The maximum Gasteiger partial charge on any atom is 0.319 e. The molecule has 0 radical (unpaired) electrons. The van der Waals surface area contributed by atoms with Crippen LogP contribution in [0.3, 0.4) is 0 Å². The first kappa shape index (κ1) is 15.9. The molecule has 1 atom stereocenters. The van der Waals surface area contributed by atoms with Gasteiger partial charge in [0.1, 0.15) is 5.75 Å². The van der Waals surface area contributed by atoms with Gasteiger partial charge in [-0.1, -0.05) is 42.5 Å². The summed E-state index contributed by atoms with van der Waals surface area (Å²) in [5, 5.41) is 15.0. The van der Waals surface area contributed by atoms with Crippen molar-refractivity contribution < 1.29 is 14.6 Å². The normalized spacial score (nSPS) is 11.5. The van der Waals surface area contributed by atoms with Crippen LogP contribution >= 0.6 is 0 Å². The van der Waals surface area contributed by atoms with Crippen LogP contribution < -0.4 is 15.4 Å². The molecule has 0 aliphatic carbocycles. The van der Waals surface area contributed by atoms with Gasteiger partial charge in [0.15, 0.2) is 0 Å². The molecule has 0 unspecified atom stereocenters. The van der Waals surface area contributed by atoms with Crippen molar-refractivity contribution in [3.8, 4) is 5.75 Å². The third kappa shape index (κ3) is 4.23. The van der Waals surface area contributed by atoms with E-state index in [1.54, 1.807) is 12.1 Å². The average molecular weight is 300 g/mol. The molecule has 0 fully saturated rings. The number of amides is 2. The van der Waals surface area contributed by atoms with Crippen molar-refractivity contribution in [2.75, 3.05) is 18.5 Å². The number of benzene rings is 2. The van der Waals surface area contributed by atoms with Crippen molar-refractivity contribution in [1.29, 1.82) is 0 Å². The van der Waals surface area contributed by atoms with E-state index >= 15 is 0 Å². The number of carbonyl (C=O) groups excluding carboxylic acids is 1. The second-order valence-electron chi connectivity index (χ2n) is 4.67. The summed E-state index contributed by atoms with van der Waals surface area (Å²) in [5.41, 5.74) is 1.44. The Hall–Kier alpha value is -2.53. The molecule has 0 saturated carbocycles. The van der Waals surface area contributed by atoms with Crippen LogP contribution in [0.2, 0.25) is 0 Å². The van der Waals surface area contributed by atoms with Gasteiger partial charge in [-0.2, -0.15) is 0 Å². The number of anilines is 1. The van der Waals surface area contributed by atoms with E-state index in [-0.39, 0.29) is 6.61 Å². The molecular weight excluding hydrogens is 280 g/mol. The summed E-state index contributed by atoms with van der Waals surface area (Å²) in [6.45, 7) is 2.22. The lowest BCUT2D eigenvalue weighted by atomic mass is 10.1. The van der Waals surface area contributed by atoms with Gasteiger partial charge in [0, 0.05) is 0 Å². The summed E-state index contributed by atoms with van der Waals surface area (Å²) in [5.74, 6) is 0.611. The van der Waals surface area contributed by atoms with E-state index < -0.39 is 12.1 Å². The Labute approximate surface area is 129 Å². The predicted molar refractivity (Wildman–Crippen MR) is 86.0 cm³/mol. The van der Waals surface area contributed by atoms with Crippen LogP contribution in [0.1, 0.15) is 18.5 Å². The summed E-state index contributed by atoms with van der Waals surface area (Å²) >= 11 is 0. The number of para-hydroxylation sites is 2. The third-order valence-corrected chi connectivity index (χ3v) is 3.12. The fourth-order valence-corrected chi connectivity index (χ4v) is 2.09. The monoisotopic (exact) mass is 300 g/mol. The summed E-state index contributed by atoms with van der Waals surface area (Å²) < 4.78 is 5.46. The zero-order chi connectivity index (χ0) is 15.8. The molecule has 2 amide bonds. The van der Waals surface area contributed by atoms with Gasteiger partial charge in [-0.25, -0.2) is 4.79 Å². The number of nitrogens with one attached hydrogen (secondary N) is 2. The maximum atomic E-state index is 12.1. The molecule has 0 bridgehead atoms. The van der Waals surface area contributed by atoms with Crippen molar-refractivity contribution in [3.63, 3.8) is 0 Å². The second-order valence-corrected chi connectivity index (χ2v) is 4.67. The van der Waals surface area contributed by atoms with E-state index in [2.05, 4.69) is 10.6 Å². The quantitative estimate of drug-likeness (QED) is 0.768. The van der Waals surface area contributed by atoms with E-state index in [0.29, 0.717) is 18.0 Å². The van der Waals surface area contributed by atoms with Gasteiger partial charge < -0.3 is 20.5 Å². The summed E-state index contributed by atoms with van der Waals surface area (Å²) in [6, 6.07) is 15.7. The predicted octanol–water partition coefficient (Wildman–Crippen LogP) is 2.94. The van der Waals surface area contributed by atoms with Crippen molar-refractivity contribution in [1.82, 2.24) is 5.32 Å². The number of aliphatic hydroxyl groups is 1. The van der Waals surface area contributed by atoms with Crippen LogP contribution in [-0.2, 0) is 0 Å². The van der Waals surface area contributed by atoms with Crippen LogP contribution in [0, 0.1) is 0 Å². The number of aliphatic hydroxyl groups excluding tert-OH is 1. The minimum absolute atomic E-state index is 0.176. The highest BCUT2D eigenvalue weighted by Gasteiger charge is 2.14. The Morgan fingerprint density at radius 1 is 1.14 bits per heavy atom. The SMILES string of the molecule is CCOc1ccccc1NC(=O)N[C@H](CO)c1ccccc1. The third-order valence-electron chi connectivity index (χ3n) is 3.12. The number of hydrogen-bond acceptors (Lipinski definition) is 3. The molecular formula is C17H20N2O3. The maximum absolute atomic E-state index is 12.1. The Balaban J connectivity index is 2.03. The molecule has 5 heteroatoms. The lowest BCUT2D eigenvalue weighted by molar-refractivity contribution is 0.225. The Kier molecular flexibility index (Phi) is 5.80. The molecule has 2 rings (SSSR count). The summed E-state index contributed by atoms with van der Waals surface area (Å²) in [7, 11) is 0. The minimum Gasteiger partial charge on any atom is -0.492 e. The molecule has 0 aliphatic heterocycles. The van der Waals surface area contributed by atoms with Crippen molar-refractivity contribution in [2.45, 2.75) is 13.0 Å². The van der Waals surface area contributed by atoms with Crippen LogP contribution in [-0.4, -0.2) is 24.4 Å². The van der Waals surface area contributed by atoms with Crippen LogP contribution in [0.25, 0.3) is 0 Å². The number of rotatable bonds is 6. The molecule has 0 heterocycles. The van der Waals surface area contributed by atoms with Gasteiger partial charge >= 0.3 is 6.03 Å². The number of carbonyl (C=O) groups is 1.